The van der Waals surface area contributed by atoms with Crippen molar-refractivity contribution in [3.63, 3.8) is 0 Å². The van der Waals surface area contributed by atoms with Gasteiger partial charge in [-0.05, 0) is 24.0 Å². The quantitative estimate of drug-likeness (QED) is 0.709. The average Bonchev–Trinajstić information content (AvgIpc) is 1.97. The highest BCUT2D eigenvalue weighted by atomic mass is 35.5. The Morgan fingerprint density at radius 3 is 2.27 bits per heavy atom. The van der Waals surface area contributed by atoms with E-state index in [2.05, 4.69) is 0 Å². The maximum absolute atomic E-state index is 5.91. The Balaban J connectivity index is 3.00. The maximum atomic E-state index is 5.91. The Morgan fingerprint density at radius 1 is 1.27 bits per heavy atom. The molecule has 11 heavy (non-hydrogen) atoms. The highest BCUT2D eigenvalue weighted by Crippen LogP contribution is 2.27. The largest absolute Gasteiger partial charge is 0.161 e. The Labute approximate surface area is 80.9 Å². The molecule has 0 heterocycles. The first-order chi connectivity index (χ1) is 5.25. The molecule has 0 atom stereocenters. The Hall–Kier alpha value is 0.150. The molecule has 1 aromatic carbocycles. The van der Waals surface area contributed by atoms with Crippen LogP contribution in [-0.2, 0) is 5.75 Å². The summed E-state index contributed by atoms with van der Waals surface area (Å²) in [5, 5.41) is 1.51. The van der Waals surface area contributed by atoms with Crippen LogP contribution < -0.4 is 0 Å². The standard InChI is InChI=1S/C8H8Cl2S/c1-11-5-6-7(9)3-2-4-8(6)10/h2-4H,5H2,1H3. The van der Waals surface area contributed by atoms with Crippen molar-refractivity contribution in [3.8, 4) is 0 Å². The van der Waals surface area contributed by atoms with Crippen molar-refractivity contribution >= 4 is 35.0 Å². The van der Waals surface area contributed by atoms with Gasteiger partial charge in [-0.1, -0.05) is 29.3 Å². The van der Waals surface area contributed by atoms with Gasteiger partial charge in [-0.25, -0.2) is 0 Å². The van der Waals surface area contributed by atoms with Crippen molar-refractivity contribution in [2.24, 2.45) is 0 Å². The smallest absolute Gasteiger partial charge is 0.0461 e. The van der Waals surface area contributed by atoms with Gasteiger partial charge in [0.25, 0.3) is 0 Å². The summed E-state index contributed by atoms with van der Waals surface area (Å²) in [7, 11) is 0. The molecule has 1 aromatic rings. The third-order valence-corrected chi connectivity index (χ3v) is 2.64. The normalized spacial score (nSPS) is 10.1. The van der Waals surface area contributed by atoms with E-state index in [1.54, 1.807) is 11.8 Å². The molecule has 0 bridgehead atoms. The summed E-state index contributed by atoms with van der Waals surface area (Å²) in [6.45, 7) is 0. The van der Waals surface area contributed by atoms with E-state index in [1.807, 2.05) is 24.5 Å². The molecule has 0 saturated heterocycles. The van der Waals surface area contributed by atoms with E-state index < -0.39 is 0 Å². The molecule has 0 spiro atoms. The lowest BCUT2D eigenvalue weighted by Gasteiger charge is -2.03. The van der Waals surface area contributed by atoms with Crippen LogP contribution in [-0.4, -0.2) is 6.26 Å². The van der Waals surface area contributed by atoms with E-state index in [9.17, 15) is 0 Å². The first kappa shape index (κ1) is 9.24. The van der Waals surface area contributed by atoms with Crippen molar-refractivity contribution in [1.29, 1.82) is 0 Å². The van der Waals surface area contributed by atoms with E-state index in [1.165, 1.54) is 0 Å². The Morgan fingerprint density at radius 2 is 1.82 bits per heavy atom. The Bertz CT molecular complexity index is 228. The summed E-state index contributed by atoms with van der Waals surface area (Å²) in [4.78, 5) is 0. The minimum atomic E-state index is 0.756. The third kappa shape index (κ3) is 2.29. The van der Waals surface area contributed by atoms with Crippen LogP contribution in [0, 0.1) is 0 Å². The first-order valence-electron chi connectivity index (χ1n) is 3.17. The molecular weight excluding hydrogens is 199 g/mol. The summed E-state index contributed by atoms with van der Waals surface area (Å²) in [5.41, 5.74) is 1.03. The molecule has 0 saturated carbocycles. The molecule has 0 nitrogen and oxygen atoms in total. The predicted octanol–water partition coefficient (Wildman–Crippen LogP) is 3.86. The Kier molecular flexibility index (Phi) is 3.57. The van der Waals surface area contributed by atoms with Crippen LogP contribution in [0.5, 0.6) is 0 Å². The summed E-state index contributed by atoms with van der Waals surface area (Å²) >= 11 is 13.5. The summed E-state index contributed by atoms with van der Waals surface area (Å²) in [6.07, 6.45) is 2.03. The van der Waals surface area contributed by atoms with Crippen LogP contribution in [0.4, 0.5) is 0 Å². The number of benzene rings is 1. The predicted molar refractivity (Wildman–Crippen MR) is 53.7 cm³/mol. The maximum Gasteiger partial charge on any atom is 0.0461 e. The van der Waals surface area contributed by atoms with Crippen LogP contribution >= 0.6 is 35.0 Å². The molecule has 0 unspecified atom stereocenters. The van der Waals surface area contributed by atoms with Crippen LogP contribution in [0.1, 0.15) is 5.56 Å². The lowest BCUT2D eigenvalue weighted by atomic mass is 10.2. The molecule has 60 valence electrons. The summed E-state index contributed by atoms with van der Waals surface area (Å²) in [6, 6.07) is 5.58. The monoisotopic (exact) mass is 206 g/mol. The van der Waals surface area contributed by atoms with E-state index in [4.69, 9.17) is 23.2 Å². The van der Waals surface area contributed by atoms with Crippen molar-refractivity contribution in [3.05, 3.63) is 33.8 Å². The molecule has 0 radical (unpaired) electrons. The zero-order valence-corrected chi connectivity index (χ0v) is 8.43. The molecule has 0 N–H and O–H groups in total. The van der Waals surface area contributed by atoms with Gasteiger partial charge >= 0.3 is 0 Å². The van der Waals surface area contributed by atoms with Crippen molar-refractivity contribution in [2.75, 3.05) is 6.26 Å². The second-order valence-corrected chi connectivity index (χ2v) is 3.81. The second kappa shape index (κ2) is 4.24. The van der Waals surface area contributed by atoms with Crippen LogP contribution in [0.2, 0.25) is 10.0 Å². The summed E-state index contributed by atoms with van der Waals surface area (Å²) < 4.78 is 0. The highest BCUT2D eigenvalue weighted by molar-refractivity contribution is 7.97. The van der Waals surface area contributed by atoms with Gasteiger partial charge in [0.2, 0.25) is 0 Å². The van der Waals surface area contributed by atoms with Gasteiger partial charge < -0.3 is 0 Å². The van der Waals surface area contributed by atoms with E-state index in [-0.39, 0.29) is 0 Å². The van der Waals surface area contributed by atoms with Gasteiger partial charge in [0.05, 0.1) is 0 Å². The number of halogens is 2. The molecule has 0 amide bonds. The molecule has 0 aliphatic carbocycles. The zero-order chi connectivity index (χ0) is 8.27. The van der Waals surface area contributed by atoms with E-state index in [0.29, 0.717) is 0 Å². The lowest BCUT2D eigenvalue weighted by Crippen LogP contribution is -1.82. The number of hydrogen-bond acceptors (Lipinski definition) is 1. The fourth-order valence-electron chi connectivity index (χ4n) is 0.815. The fraction of sp³-hybridized carbons (Fsp3) is 0.250. The minimum Gasteiger partial charge on any atom is -0.161 e. The van der Waals surface area contributed by atoms with Gasteiger partial charge in [0.15, 0.2) is 0 Å². The first-order valence-corrected chi connectivity index (χ1v) is 5.32. The van der Waals surface area contributed by atoms with Crippen molar-refractivity contribution in [2.45, 2.75) is 5.75 Å². The van der Waals surface area contributed by atoms with E-state index >= 15 is 0 Å². The van der Waals surface area contributed by atoms with Crippen LogP contribution in [0.15, 0.2) is 18.2 Å². The minimum absolute atomic E-state index is 0.756. The number of thioether (sulfide) groups is 1. The van der Waals surface area contributed by atoms with Crippen molar-refractivity contribution in [1.82, 2.24) is 0 Å². The number of hydrogen-bond donors (Lipinski definition) is 0. The van der Waals surface area contributed by atoms with Gasteiger partial charge in [-0.15, -0.1) is 0 Å². The molecule has 3 heteroatoms. The SMILES string of the molecule is CSCc1c(Cl)cccc1Cl. The molecule has 1 rings (SSSR count). The number of rotatable bonds is 2. The van der Waals surface area contributed by atoms with Crippen molar-refractivity contribution < 1.29 is 0 Å². The molecule has 0 fully saturated rings. The molecular formula is C8H8Cl2S. The third-order valence-electron chi connectivity index (χ3n) is 1.35. The van der Waals surface area contributed by atoms with Crippen LogP contribution in [0.25, 0.3) is 0 Å². The topological polar surface area (TPSA) is 0 Å². The molecule has 0 aliphatic heterocycles. The van der Waals surface area contributed by atoms with E-state index in [0.717, 1.165) is 21.4 Å². The van der Waals surface area contributed by atoms with Crippen LogP contribution in [0.3, 0.4) is 0 Å². The van der Waals surface area contributed by atoms with Gasteiger partial charge in [-0.2, -0.15) is 11.8 Å². The second-order valence-electron chi connectivity index (χ2n) is 2.13. The molecule has 0 aromatic heterocycles. The van der Waals surface area contributed by atoms with Gasteiger partial charge in [0.1, 0.15) is 0 Å². The van der Waals surface area contributed by atoms with Gasteiger partial charge in [0, 0.05) is 15.8 Å². The lowest BCUT2D eigenvalue weighted by molar-refractivity contribution is 1.42. The fourth-order valence-corrected chi connectivity index (χ4v) is 2.10. The highest BCUT2D eigenvalue weighted by Gasteiger charge is 2.02. The average molecular weight is 207 g/mol. The zero-order valence-electron chi connectivity index (χ0n) is 6.10. The van der Waals surface area contributed by atoms with Gasteiger partial charge in [-0.3, -0.25) is 0 Å². The summed E-state index contributed by atoms with van der Waals surface area (Å²) in [5.74, 6) is 0.874. The molecule has 0 aliphatic rings.